The lowest BCUT2D eigenvalue weighted by molar-refractivity contribution is -0.149. The highest BCUT2D eigenvalue weighted by molar-refractivity contribution is 4.92. The molecular formula is C12H24N2O. The Morgan fingerprint density at radius 3 is 2.80 bits per heavy atom. The smallest absolute Gasteiger partial charge is 0.132 e. The zero-order valence-electron chi connectivity index (χ0n) is 10.3. The van der Waals surface area contributed by atoms with Crippen LogP contribution in [0.4, 0.5) is 0 Å². The highest BCUT2D eigenvalue weighted by Crippen LogP contribution is 2.28. The fraction of sp³-hybridized carbons (Fsp3) is 1.00. The molecular weight excluding hydrogens is 188 g/mol. The Balaban J connectivity index is 2.00. The minimum absolute atomic E-state index is 0.123. The largest absolute Gasteiger partial charge is 0.359 e. The Morgan fingerprint density at radius 1 is 1.40 bits per heavy atom. The Labute approximate surface area is 93.2 Å². The van der Waals surface area contributed by atoms with Crippen molar-refractivity contribution < 1.29 is 4.74 Å². The highest BCUT2D eigenvalue weighted by atomic mass is 16.5. The normalized spacial score (nSPS) is 44.2. The van der Waals surface area contributed by atoms with E-state index in [-0.39, 0.29) is 5.72 Å². The average molecular weight is 212 g/mol. The summed E-state index contributed by atoms with van der Waals surface area (Å²) >= 11 is 0. The van der Waals surface area contributed by atoms with Crippen molar-refractivity contribution in [1.29, 1.82) is 0 Å². The van der Waals surface area contributed by atoms with Crippen LogP contribution in [0.25, 0.3) is 0 Å². The van der Waals surface area contributed by atoms with E-state index in [0.29, 0.717) is 12.0 Å². The van der Waals surface area contributed by atoms with Gasteiger partial charge in [0.1, 0.15) is 5.72 Å². The van der Waals surface area contributed by atoms with Crippen LogP contribution in [-0.2, 0) is 4.74 Å². The predicted octanol–water partition coefficient (Wildman–Crippen LogP) is 1.44. The minimum Gasteiger partial charge on any atom is -0.359 e. The van der Waals surface area contributed by atoms with Crippen LogP contribution in [0.2, 0.25) is 0 Å². The van der Waals surface area contributed by atoms with Gasteiger partial charge in [-0.25, -0.2) is 0 Å². The molecule has 3 nitrogen and oxygen atoms in total. The van der Waals surface area contributed by atoms with E-state index in [9.17, 15) is 0 Å². The summed E-state index contributed by atoms with van der Waals surface area (Å²) in [7, 11) is 2.22. The van der Waals surface area contributed by atoms with Gasteiger partial charge in [0, 0.05) is 6.54 Å². The van der Waals surface area contributed by atoms with Gasteiger partial charge in [0.25, 0.3) is 0 Å². The molecule has 0 bridgehead atoms. The molecule has 88 valence electrons. The molecule has 0 aliphatic carbocycles. The second-order valence-electron chi connectivity index (χ2n) is 5.40. The van der Waals surface area contributed by atoms with Gasteiger partial charge < -0.3 is 4.74 Å². The Kier molecular flexibility index (Phi) is 3.33. The molecule has 2 rings (SSSR count). The Hall–Kier alpha value is -0.120. The van der Waals surface area contributed by atoms with Crippen LogP contribution in [0.3, 0.4) is 0 Å². The third-order valence-electron chi connectivity index (χ3n) is 3.88. The van der Waals surface area contributed by atoms with Gasteiger partial charge in [-0.15, -0.1) is 0 Å². The molecule has 2 saturated heterocycles. The number of nitrogens with zero attached hydrogens (tertiary/aromatic N) is 1. The van der Waals surface area contributed by atoms with Crippen LogP contribution in [0, 0.1) is 5.92 Å². The maximum absolute atomic E-state index is 6.03. The quantitative estimate of drug-likeness (QED) is 0.712. The van der Waals surface area contributed by atoms with Gasteiger partial charge >= 0.3 is 0 Å². The molecule has 2 heterocycles. The molecule has 2 fully saturated rings. The van der Waals surface area contributed by atoms with Crippen molar-refractivity contribution in [2.24, 2.45) is 5.92 Å². The topological polar surface area (TPSA) is 24.5 Å². The summed E-state index contributed by atoms with van der Waals surface area (Å²) in [4.78, 5) is 2.45. The molecule has 15 heavy (non-hydrogen) atoms. The van der Waals surface area contributed by atoms with E-state index in [1.54, 1.807) is 0 Å². The third kappa shape index (κ3) is 2.35. The van der Waals surface area contributed by atoms with Gasteiger partial charge in [-0.2, -0.15) is 0 Å². The van der Waals surface area contributed by atoms with E-state index < -0.39 is 0 Å². The molecule has 0 aromatic rings. The predicted molar refractivity (Wildman–Crippen MR) is 61.8 cm³/mol. The van der Waals surface area contributed by atoms with Crippen LogP contribution >= 0.6 is 0 Å². The Bertz CT molecular complexity index is 212. The van der Waals surface area contributed by atoms with E-state index in [1.165, 1.54) is 25.8 Å². The van der Waals surface area contributed by atoms with Gasteiger partial charge in [0.05, 0.1) is 12.6 Å². The highest BCUT2D eigenvalue weighted by Gasteiger charge is 2.40. The summed E-state index contributed by atoms with van der Waals surface area (Å²) in [6, 6.07) is 0.541. The van der Waals surface area contributed by atoms with E-state index in [1.807, 2.05) is 0 Å². The molecule has 0 aromatic carbocycles. The van der Waals surface area contributed by atoms with Crippen molar-refractivity contribution in [1.82, 2.24) is 10.2 Å². The third-order valence-corrected chi connectivity index (χ3v) is 3.88. The maximum Gasteiger partial charge on any atom is 0.132 e. The number of rotatable bonds is 1. The lowest BCUT2D eigenvalue weighted by Crippen LogP contribution is -2.64. The summed E-state index contributed by atoms with van der Waals surface area (Å²) in [6.07, 6.45) is 3.93. The number of likely N-dealkylation sites (N-methyl/N-ethyl adjacent to an activating group) is 1. The Morgan fingerprint density at radius 2 is 2.20 bits per heavy atom. The molecule has 1 N–H and O–H groups in total. The molecule has 0 saturated carbocycles. The minimum atomic E-state index is -0.123. The molecule has 3 atom stereocenters. The second-order valence-corrected chi connectivity index (χ2v) is 5.40. The number of hydrogen-bond acceptors (Lipinski definition) is 3. The number of likely N-dealkylation sites (tertiary alicyclic amines) is 1. The molecule has 2 aliphatic heterocycles. The van der Waals surface area contributed by atoms with E-state index in [2.05, 4.69) is 31.1 Å². The van der Waals surface area contributed by atoms with Crippen molar-refractivity contribution in [3.63, 3.8) is 0 Å². The molecule has 3 unspecified atom stereocenters. The zero-order valence-corrected chi connectivity index (χ0v) is 10.3. The van der Waals surface area contributed by atoms with Crippen molar-refractivity contribution in [2.45, 2.75) is 44.9 Å². The van der Waals surface area contributed by atoms with E-state index in [0.717, 1.165) is 13.2 Å². The van der Waals surface area contributed by atoms with Crippen LogP contribution in [-0.4, -0.2) is 43.4 Å². The number of nitrogens with one attached hydrogen (secondary N) is 1. The van der Waals surface area contributed by atoms with Crippen LogP contribution in [0.15, 0.2) is 0 Å². The fourth-order valence-corrected chi connectivity index (χ4v) is 2.79. The standard InChI is InChI=1S/C12H24N2O/c1-10-8-13-12(2,15-9-10)11-6-4-5-7-14(11)3/h10-11,13H,4-9H2,1-3H3. The van der Waals surface area contributed by atoms with Crippen LogP contribution in [0.1, 0.15) is 33.1 Å². The summed E-state index contributed by atoms with van der Waals surface area (Å²) < 4.78 is 6.03. The number of piperidine rings is 1. The van der Waals surface area contributed by atoms with Crippen molar-refractivity contribution >= 4 is 0 Å². The van der Waals surface area contributed by atoms with Crippen molar-refractivity contribution in [3.05, 3.63) is 0 Å². The van der Waals surface area contributed by atoms with Gasteiger partial charge in [0.15, 0.2) is 0 Å². The average Bonchev–Trinajstić information content (AvgIpc) is 2.23. The summed E-state index contributed by atoms with van der Waals surface area (Å²) in [5.41, 5.74) is -0.123. The first-order chi connectivity index (χ1) is 7.12. The molecule has 3 heteroatoms. The van der Waals surface area contributed by atoms with Gasteiger partial charge in [0.2, 0.25) is 0 Å². The molecule has 2 aliphatic rings. The van der Waals surface area contributed by atoms with E-state index >= 15 is 0 Å². The van der Waals surface area contributed by atoms with Crippen LogP contribution < -0.4 is 5.32 Å². The molecule has 0 spiro atoms. The van der Waals surface area contributed by atoms with E-state index in [4.69, 9.17) is 4.74 Å². The van der Waals surface area contributed by atoms with Gasteiger partial charge in [-0.3, -0.25) is 10.2 Å². The van der Waals surface area contributed by atoms with Crippen molar-refractivity contribution in [3.8, 4) is 0 Å². The first kappa shape index (κ1) is 11.4. The van der Waals surface area contributed by atoms with Gasteiger partial charge in [-0.05, 0) is 39.3 Å². The maximum atomic E-state index is 6.03. The summed E-state index contributed by atoms with van der Waals surface area (Å²) in [5, 5.41) is 3.58. The van der Waals surface area contributed by atoms with Crippen LogP contribution in [0.5, 0.6) is 0 Å². The summed E-state index contributed by atoms with van der Waals surface area (Å²) in [6.45, 7) is 7.64. The molecule has 0 amide bonds. The van der Waals surface area contributed by atoms with Crippen molar-refractivity contribution in [2.75, 3.05) is 26.7 Å². The number of hydrogen-bond donors (Lipinski definition) is 1. The molecule has 0 radical (unpaired) electrons. The van der Waals surface area contributed by atoms with Gasteiger partial charge in [-0.1, -0.05) is 13.3 Å². The fourth-order valence-electron chi connectivity index (χ4n) is 2.79. The second kappa shape index (κ2) is 4.40. The SMILES string of the molecule is CC1CNC(C)(C2CCCCN2C)OC1. The molecule has 0 aromatic heterocycles. The lowest BCUT2D eigenvalue weighted by atomic mass is 9.92. The summed E-state index contributed by atoms with van der Waals surface area (Å²) in [5.74, 6) is 0.645. The number of ether oxygens (including phenoxy) is 1. The monoisotopic (exact) mass is 212 g/mol. The zero-order chi connectivity index (χ0) is 10.9. The lowest BCUT2D eigenvalue weighted by Gasteiger charge is -2.48. The first-order valence-electron chi connectivity index (χ1n) is 6.21. The first-order valence-corrected chi connectivity index (χ1v) is 6.21.